The van der Waals surface area contributed by atoms with Gasteiger partial charge in [-0.3, -0.25) is 0 Å². The van der Waals surface area contributed by atoms with Gasteiger partial charge in [0.05, 0.1) is 12.3 Å². The number of aryl methyl sites for hydroxylation is 2. The predicted molar refractivity (Wildman–Crippen MR) is 107 cm³/mol. The van der Waals surface area contributed by atoms with E-state index in [1.807, 2.05) is 42.5 Å². The maximum atomic E-state index is 5.11. The van der Waals surface area contributed by atoms with Crippen LogP contribution in [0.25, 0.3) is 11.3 Å². The fourth-order valence-corrected chi connectivity index (χ4v) is 2.58. The van der Waals surface area contributed by atoms with Crippen molar-refractivity contribution in [2.45, 2.75) is 13.8 Å². The first-order valence-electron chi connectivity index (χ1n) is 8.67. The zero-order chi connectivity index (χ0) is 18.4. The molecule has 2 aromatic carbocycles. The summed E-state index contributed by atoms with van der Waals surface area (Å²) < 4.78 is 5.11. The summed E-state index contributed by atoms with van der Waals surface area (Å²) in [7, 11) is 1.68. The van der Waals surface area contributed by atoms with Gasteiger partial charge in [0.1, 0.15) is 5.82 Å². The lowest BCUT2D eigenvalue weighted by molar-refractivity contribution is 0.210. The molecule has 0 saturated heterocycles. The summed E-state index contributed by atoms with van der Waals surface area (Å²) in [4.78, 5) is 9.28. The Bertz CT molecular complexity index is 865. The van der Waals surface area contributed by atoms with Crippen LogP contribution in [0.1, 0.15) is 11.1 Å². The normalized spacial score (nSPS) is 10.6. The van der Waals surface area contributed by atoms with Gasteiger partial charge in [0, 0.05) is 31.0 Å². The van der Waals surface area contributed by atoms with Crippen molar-refractivity contribution in [3.05, 3.63) is 65.7 Å². The van der Waals surface area contributed by atoms with Gasteiger partial charge in [-0.05, 0) is 37.1 Å². The third kappa shape index (κ3) is 4.58. The number of nitrogens with zero attached hydrogens (tertiary/aromatic N) is 2. The molecule has 1 heterocycles. The molecular formula is C21H24N4O. The second-order valence-electron chi connectivity index (χ2n) is 6.17. The fourth-order valence-electron chi connectivity index (χ4n) is 2.58. The van der Waals surface area contributed by atoms with Crippen LogP contribution in [0, 0.1) is 13.8 Å². The Morgan fingerprint density at radius 3 is 2.46 bits per heavy atom. The van der Waals surface area contributed by atoms with E-state index >= 15 is 0 Å². The van der Waals surface area contributed by atoms with E-state index in [0.29, 0.717) is 19.1 Å². The van der Waals surface area contributed by atoms with Crippen LogP contribution in [0.5, 0.6) is 0 Å². The predicted octanol–water partition coefficient (Wildman–Crippen LogP) is 4.56. The first-order valence-corrected chi connectivity index (χ1v) is 8.67. The van der Waals surface area contributed by atoms with E-state index in [0.717, 1.165) is 22.8 Å². The van der Waals surface area contributed by atoms with Crippen LogP contribution < -0.4 is 10.6 Å². The summed E-state index contributed by atoms with van der Waals surface area (Å²) in [5.41, 5.74) is 5.38. The van der Waals surface area contributed by atoms with Gasteiger partial charge < -0.3 is 15.4 Å². The maximum Gasteiger partial charge on any atom is 0.229 e. The van der Waals surface area contributed by atoms with Gasteiger partial charge in [-0.15, -0.1) is 0 Å². The van der Waals surface area contributed by atoms with Crippen molar-refractivity contribution in [3.8, 4) is 11.3 Å². The SMILES string of the molecule is COCCNc1cc(-c2ccccc2)nc(Nc2ccc(C)c(C)c2)n1. The van der Waals surface area contributed by atoms with E-state index in [2.05, 4.69) is 46.6 Å². The van der Waals surface area contributed by atoms with Crippen molar-refractivity contribution in [2.75, 3.05) is 30.9 Å². The van der Waals surface area contributed by atoms with Crippen LogP contribution in [0.2, 0.25) is 0 Å². The van der Waals surface area contributed by atoms with Gasteiger partial charge in [-0.2, -0.15) is 4.98 Å². The van der Waals surface area contributed by atoms with E-state index < -0.39 is 0 Å². The van der Waals surface area contributed by atoms with Crippen molar-refractivity contribution in [3.63, 3.8) is 0 Å². The summed E-state index contributed by atoms with van der Waals surface area (Å²) in [6, 6.07) is 18.3. The highest BCUT2D eigenvalue weighted by Gasteiger charge is 2.07. The Hall–Kier alpha value is -2.92. The largest absolute Gasteiger partial charge is 0.383 e. The standard InChI is InChI=1S/C21H24N4O/c1-15-9-10-18(13-16(15)2)23-21-24-19(17-7-5-4-6-8-17)14-20(25-21)22-11-12-26-3/h4-10,13-14H,11-12H2,1-3H3,(H2,22,23,24,25). The molecule has 3 aromatic rings. The molecule has 26 heavy (non-hydrogen) atoms. The van der Waals surface area contributed by atoms with Gasteiger partial charge in [0.15, 0.2) is 0 Å². The van der Waals surface area contributed by atoms with Crippen molar-refractivity contribution in [1.29, 1.82) is 0 Å². The van der Waals surface area contributed by atoms with Gasteiger partial charge in [0.2, 0.25) is 5.95 Å². The van der Waals surface area contributed by atoms with Crippen LogP contribution in [0.15, 0.2) is 54.6 Å². The minimum Gasteiger partial charge on any atom is -0.383 e. The molecule has 1 aromatic heterocycles. The van der Waals surface area contributed by atoms with Crippen molar-refractivity contribution >= 4 is 17.5 Å². The molecule has 0 saturated carbocycles. The van der Waals surface area contributed by atoms with Crippen molar-refractivity contribution in [2.24, 2.45) is 0 Å². The van der Waals surface area contributed by atoms with Crippen molar-refractivity contribution < 1.29 is 4.74 Å². The molecule has 3 rings (SSSR count). The summed E-state index contributed by atoms with van der Waals surface area (Å²) in [6.07, 6.45) is 0. The number of hydrogen-bond acceptors (Lipinski definition) is 5. The third-order valence-corrected chi connectivity index (χ3v) is 4.17. The van der Waals surface area contributed by atoms with Crippen LogP contribution in [-0.4, -0.2) is 30.2 Å². The molecular weight excluding hydrogens is 324 g/mol. The summed E-state index contributed by atoms with van der Waals surface area (Å²) in [6.45, 7) is 5.50. The van der Waals surface area contributed by atoms with E-state index in [-0.39, 0.29) is 0 Å². The lowest BCUT2D eigenvalue weighted by Gasteiger charge is -2.12. The van der Waals surface area contributed by atoms with E-state index in [9.17, 15) is 0 Å². The Balaban J connectivity index is 1.91. The van der Waals surface area contributed by atoms with Crippen LogP contribution in [0.3, 0.4) is 0 Å². The lowest BCUT2D eigenvalue weighted by atomic mass is 10.1. The Labute approximate surface area is 154 Å². The molecule has 5 nitrogen and oxygen atoms in total. The van der Waals surface area contributed by atoms with Gasteiger partial charge in [-0.1, -0.05) is 36.4 Å². The number of hydrogen-bond donors (Lipinski definition) is 2. The lowest BCUT2D eigenvalue weighted by Crippen LogP contribution is -2.10. The molecule has 0 aliphatic rings. The molecule has 0 unspecified atom stereocenters. The Kier molecular flexibility index (Phi) is 5.81. The average molecular weight is 348 g/mol. The molecule has 0 bridgehead atoms. The maximum absolute atomic E-state index is 5.11. The second kappa shape index (κ2) is 8.45. The third-order valence-electron chi connectivity index (χ3n) is 4.17. The van der Waals surface area contributed by atoms with E-state index in [1.165, 1.54) is 11.1 Å². The zero-order valence-corrected chi connectivity index (χ0v) is 15.4. The first-order chi connectivity index (χ1) is 12.7. The molecule has 0 atom stereocenters. The molecule has 0 amide bonds. The van der Waals surface area contributed by atoms with Crippen LogP contribution >= 0.6 is 0 Å². The smallest absolute Gasteiger partial charge is 0.229 e. The fraction of sp³-hybridized carbons (Fsp3) is 0.238. The van der Waals surface area contributed by atoms with Gasteiger partial charge in [-0.25, -0.2) is 4.98 Å². The summed E-state index contributed by atoms with van der Waals surface area (Å²) in [5.74, 6) is 1.33. The number of anilines is 3. The number of benzene rings is 2. The topological polar surface area (TPSA) is 59.1 Å². The molecule has 0 aliphatic carbocycles. The van der Waals surface area contributed by atoms with Gasteiger partial charge in [0.25, 0.3) is 0 Å². The second-order valence-corrected chi connectivity index (χ2v) is 6.17. The van der Waals surface area contributed by atoms with E-state index in [4.69, 9.17) is 4.74 Å². The minimum atomic E-state index is 0.564. The molecule has 134 valence electrons. The van der Waals surface area contributed by atoms with Crippen LogP contribution in [0.4, 0.5) is 17.5 Å². The quantitative estimate of drug-likeness (QED) is 0.613. The monoisotopic (exact) mass is 348 g/mol. The number of aromatic nitrogens is 2. The molecule has 0 radical (unpaired) electrons. The summed E-state index contributed by atoms with van der Waals surface area (Å²) in [5, 5.41) is 6.61. The molecule has 0 aliphatic heterocycles. The van der Waals surface area contributed by atoms with Gasteiger partial charge >= 0.3 is 0 Å². The molecule has 0 spiro atoms. The van der Waals surface area contributed by atoms with E-state index in [1.54, 1.807) is 7.11 Å². The van der Waals surface area contributed by atoms with Crippen molar-refractivity contribution in [1.82, 2.24) is 9.97 Å². The number of nitrogens with one attached hydrogen (secondary N) is 2. The number of rotatable bonds is 7. The number of ether oxygens (including phenoxy) is 1. The highest BCUT2D eigenvalue weighted by molar-refractivity contribution is 5.66. The van der Waals surface area contributed by atoms with Crippen LogP contribution in [-0.2, 0) is 4.74 Å². The minimum absolute atomic E-state index is 0.564. The molecule has 5 heteroatoms. The molecule has 2 N–H and O–H groups in total. The zero-order valence-electron chi connectivity index (χ0n) is 15.4. The molecule has 0 fully saturated rings. The highest BCUT2D eigenvalue weighted by atomic mass is 16.5. The average Bonchev–Trinajstić information content (AvgIpc) is 2.66. The first kappa shape index (κ1) is 17.9. The number of methoxy groups -OCH3 is 1. The Morgan fingerprint density at radius 2 is 1.73 bits per heavy atom. The Morgan fingerprint density at radius 1 is 0.923 bits per heavy atom. The highest BCUT2D eigenvalue weighted by Crippen LogP contribution is 2.24. The summed E-state index contributed by atoms with van der Waals surface area (Å²) >= 11 is 0.